The van der Waals surface area contributed by atoms with Gasteiger partial charge in [0, 0.05) is 32.4 Å². The van der Waals surface area contributed by atoms with Crippen molar-refractivity contribution in [3.8, 4) is 0 Å². The second-order valence-electron chi connectivity index (χ2n) is 9.94. The number of hydrogen-bond donors (Lipinski definition) is 2. The Morgan fingerprint density at radius 3 is 2.80 bits per heavy atom. The molecule has 2 aromatic heterocycles. The predicted molar refractivity (Wildman–Crippen MR) is 137 cm³/mol. The molecule has 2 aromatic rings. The van der Waals surface area contributed by atoms with Crippen molar-refractivity contribution in [1.82, 2.24) is 29.5 Å². The Labute approximate surface area is 212 Å². The molecule has 2 fully saturated rings. The molecule has 11 heteroatoms. The van der Waals surface area contributed by atoms with Crippen molar-refractivity contribution < 1.29 is 9.53 Å². The highest BCUT2D eigenvalue weighted by Crippen LogP contribution is 2.27. The fourth-order valence-corrected chi connectivity index (χ4v) is 4.70. The van der Waals surface area contributed by atoms with Gasteiger partial charge in [-0.15, -0.1) is 0 Å². The van der Waals surface area contributed by atoms with Crippen LogP contribution in [0.4, 0.5) is 17.5 Å². The van der Waals surface area contributed by atoms with Gasteiger partial charge in [0.05, 0.1) is 23.6 Å². The first-order valence-corrected chi connectivity index (χ1v) is 12.8. The number of rotatable bonds is 8. The van der Waals surface area contributed by atoms with E-state index in [-0.39, 0.29) is 5.91 Å². The van der Waals surface area contributed by atoms with Crippen molar-refractivity contribution in [2.45, 2.75) is 58.1 Å². The average molecular weight is 505 g/mol. The van der Waals surface area contributed by atoms with Gasteiger partial charge in [-0.1, -0.05) is 11.6 Å². The first kappa shape index (κ1) is 25.7. The van der Waals surface area contributed by atoms with Crippen molar-refractivity contribution in [2.75, 3.05) is 57.0 Å². The van der Waals surface area contributed by atoms with Gasteiger partial charge in [-0.05, 0) is 66.6 Å². The molecule has 0 aromatic carbocycles. The molecule has 1 amide bonds. The summed E-state index contributed by atoms with van der Waals surface area (Å²) in [7, 11) is 2.16. The summed E-state index contributed by atoms with van der Waals surface area (Å²) in [6, 6.07) is 0.414. The molecule has 4 heterocycles. The van der Waals surface area contributed by atoms with Gasteiger partial charge in [-0.25, -0.2) is 4.98 Å². The number of ether oxygens (including phenoxy) is 1. The van der Waals surface area contributed by atoms with Crippen LogP contribution in [0.15, 0.2) is 12.4 Å². The van der Waals surface area contributed by atoms with Crippen LogP contribution in [0.2, 0.25) is 5.02 Å². The maximum atomic E-state index is 12.7. The number of carbonyl (C=O) groups is 1. The molecule has 0 aliphatic carbocycles. The smallest absolute Gasteiger partial charge is 0.254 e. The lowest BCUT2D eigenvalue weighted by Crippen LogP contribution is -2.45. The van der Waals surface area contributed by atoms with Crippen LogP contribution in [0.1, 0.15) is 51.3 Å². The normalized spacial score (nSPS) is 19.6. The van der Waals surface area contributed by atoms with E-state index in [4.69, 9.17) is 21.4 Å². The molecule has 2 N–H and O–H groups in total. The number of halogens is 1. The Morgan fingerprint density at radius 1 is 1.26 bits per heavy atom. The number of carbonyl (C=O) groups excluding carboxylic acids is 1. The molecule has 10 nitrogen and oxygen atoms in total. The number of hydrogen-bond acceptors (Lipinski definition) is 8. The van der Waals surface area contributed by atoms with Crippen molar-refractivity contribution in [3.05, 3.63) is 23.1 Å². The van der Waals surface area contributed by atoms with E-state index in [0.29, 0.717) is 42.5 Å². The van der Waals surface area contributed by atoms with Crippen LogP contribution in [-0.4, -0.2) is 87.4 Å². The van der Waals surface area contributed by atoms with Gasteiger partial charge < -0.3 is 25.2 Å². The van der Waals surface area contributed by atoms with Crippen LogP contribution in [0.3, 0.4) is 0 Å². The number of nitrogens with one attached hydrogen (secondary N) is 2. The quantitative estimate of drug-likeness (QED) is 0.527. The molecule has 0 saturated carbocycles. The molecule has 4 rings (SSSR count). The summed E-state index contributed by atoms with van der Waals surface area (Å²) >= 11 is 6.34. The lowest BCUT2D eigenvalue weighted by Gasteiger charge is -2.28. The number of amides is 1. The lowest BCUT2D eigenvalue weighted by atomic mass is 10.1. The van der Waals surface area contributed by atoms with Crippen LogP contribution in [-0.2, 0) is 9.53 Å². The molecule has 0 atom stereocenters. The molecule has 0 unspecified atom stereocenters. The van der Waals surface area contributed by atoms with Gasteiger partial charge in [0.1, 0.15) is 16.4 Å². The summed E-state index contributed by atoms with van der Waals surface area (Å²) in [4.78, 5) is 25.8. The molecule has 192 valence electrons. The van der Waals surface area contributed by atoms with Crippen LogP contribution in [0, 0.1) is 6.92 Å². The SMILES string of the molecule is Cc1nn(C2CCN(C)CC2)cc1Nc1ncc(Cl)c(NCCCN2CCCOC(C)(C)C2=O)n1. The van der Waals surface area contributed by atoms with Gasteiger partial charge >= 0.3 is 0 Å². The zero-order valence-electron chi connectivity index (χ0n) is 21.2. The molecule has 35 heavy (non-hydrogen) atoms. The van der Waals surface area contributed by atoms with Gasteiger partial charge in [0.2, 0.25) is 5.95 Å². The molecule has 0 spiro atoms. The number of aryl methyl sites for hydroxylation is 1. The van der Waals surface area contributed by atoms with Crippen molar-refractivity contribution >= 4 is 35.0 Å². The van der Waals surface area contributed by atoms with Crippen LogP contribution in [0.5, 0.6) is 0 Å². The summed E-state index contributed by atoms with van der Waals surface area (Å²) in [6.07, 6.45) is 7.44. The summed E-state index contributed by atoms with van der Waals surface area (Å²) in [5.74, 6) is 1.07. The zero-order chi connectivity index (χ0) is 25.0. The van der Waals surface area contributed by atoms with E-state index in [1.54, 1.807) is 6.20 Å². The fraction of sp³-hybridized carbons (Fsp3) is 0.667. The maximum absolute atomic E-state index is 12.7. The summed E-state index contributed by atoms with van der Waals surface area (Å²) in [5.41, 5.74) is 1.03. The Morgan fingerprint density at radius 2 is 2.03 bits per heavy atom. The van der Waals surface area contributed by atoms with Crippen molar-refractivity contribution in [2.24, 2.45) is 0 Å². The van der Waals surface area contributed by atoms with Gasteiger partial charge in [0.15, 0.2) is 0 Å². The largest absolute Gasteiger partial charge is 0.369 e. The monoisotopic (exact) mass is 504 g/mol. The molecule has 0 bridgehead atoms. The minimum Gasteiger partial charge on any atom is -0.369 e. The van der Waals surface area contributed by atoms with Gasteiger partial charge in [0.25, 0.3) is 5.91 Å². The van der Waals surface area contributed by atoms with Gasteiger partial charge in [-0.2, -0.15) is 10.1 Å². The van der Waals surface area contributed by atoms with Crippen LogP contribution >= 0.6 is 11.6 Å². The van der Waals surface area contributed by atoms with Crippen LogP contribution in [0.25, 0.3) is 0 Å². The Kier molecular flexibility index (Phi) is 8.13. The van der Waals surface area contributed by atoms with E-state index in [1.165, 1.54) is 0 Å². The van der Waals surface area contributed by atoms with E-state index < -0.39 is 5.60 Å². The third kappa shape index (κ3) is 6.42. The molecule has 2 aliphatic heterocycles. The van der Waals surface area contributed by atoms with Crippen LogP contribution < -0.4 is 10.6 Å². The highest BCUT2D eigenvalue weighted by atomic mass is 35.5. The minimum atomic E-state index is -0.764. The predicted octanol–water partition coefficient (Wildman–Crippen LogP) is 3.47. The maximum Gasteiger partial charge on any atom is 0.254 e. The summed E-state index contributed by atoms with van der Waals surface area (Å²) in [5, 5.41) is 11.8. The number of aromatic nitrogens is 4. The highest BCUT2D eigenvalue weighted by Gasteiger charge is 2.34. The van der Waals surface area contributed by atoms with E-state index in [2.05, 4.69) is 37.2 Å². The number of likely N-dealkylation sites (tertiary alicyclic amines) is 1. The second kappa shape index (κ2) is 11.1. The standard InChI is InChI=1S/C24H37ClN8O2/c1-17-20(16-33(30-17)18-7-12-31(4)13-8-18)28-23-27-15-19(25)21(29-23)26-9-5-10-32-11-6-14-35-24(2,3)22(32)34/h15-16,18H,5-14H2,1-4H3,(H2,26,27,28,29). The summed E-state index contributed by atoms with van der Waals surface area (Å²) < 4.78 is 7.74. The molecular formula is C24H37ClN8O2. The van der Waals surface area contributed by atoms with E-state index >= 15 is 0 Å². The Hall–Kier alpha value is -2.43. The molecule has 0 radical (unpaired) electrons. The number of piperidine rings is 1. The third-order valence-corrected chi connectivity index (χ3v) is 6.98. The fourth-order valence-electron chi connectivity index (χ4n) is 4.54. The topological polar surface area (TPSA) is 100 Å². The van der Waals surface area contributed by atoms with E-state index in [9.17, 15) is 4.79 Å². The molecule has 2 saturated heterocycles. The number of nitrogens with zero attached hydrogens (tertiary/aromatic N) is 6. The average Bonchev–Trinajstić information content (AvgIpc) is 3.13. The lowest BCUT2D eigenvalue weighted by molar-refractivity contribution is -0.149. The Balaban J connectivity index is 1.32. The second-order valence-corrected chi connectivity index (χ2v) is 10.3. The molecular weight excluding hydrogens is 468 g/mol. The van der Waals surface area contributed by atoms with E-state index in [1.807, 2.05) is 31.9 Å². The van der Waals surface area contributed by atoms with E-state index in [0.717, 1.165) is 56.7 Å². The number of anilines is 3. The van der Waals surface area contributed by atoms with Gasteiger partial charge in [-0.3, -0.25) is 9.48 Å². The summed E-state index contributed by atoms with van der Waals surface area (Å²) in [6.45, 7) is 10.4. The zero-order valence-corrected chi connectivity index (χ0v) is 21.9. The molecule has 2 aliphatic rings. The first-order valence-electron chi connectivity index (χ1n) is 12.4. The van der Waals surface area contributed by atoms with Crippen molar-refractivity contribution in [3.63, 3.8) is 0 Å². The minimum absolute atomic E-state index is 0.0396. The third-order valence-electron chi connectivity index (χ3n) is 6.70. The van der Waals surface area contributed by atoms with Crippen molar-refractivity contribution in [1.29, 1.82) is 0 Å². The highest BCUT2D eigenvalue weighted by molar-refractivity contribution is 6.32. The first-order chi connectivity index (χ1) is 16.7. The Bertz CT molecular complexity index is 1020.